The summed E-state index contributed by atoms with van der Waals surface area (Å²) in [6.07, 6.45) is 3.39. The monoisotopic (exact) mass is 228 g/mol. The van der Waals surface area contributed by atoms with Gasteiger partial charge in [0.1, 0.15) is 0 Å². The number of hydrogen-bond acceptors (Lipinski definition) is 3. The zero-order chi connectivity index (χ0) is 12.2. The second-order valence-corrected chi connectivity index (χ2v) is 5.57. The van der Waals surface area contributed by atoms with Crippen LogP contribution in [0, 0.1) is 5.92 Å². The standard InChI is InChI=1S/C13H28N2O/c1-5-15(9-11(2)3)12-6-7-13(8-12,10-16)14-4/h11-12,14,16H,5-10H2,1-4H3. The van der Waals surface area contributed by atoms with Gasteiger partial charge in [0.05, 0.1) is 6.61 Å². The van der Waals surface area contributed by atoms with Crippen LogP contribution < -0.4 is 5.32 Å². The van der Waals surface area contributed by atoms with Gasteiger partial charge in [0.2, 0.25) is 0 Å². The number of likely N-dealkylation sites (N-methyl/N-ethyl adjacent to an activating group) is 1. The molecule has 1 aliphatic carbocycles. The lowest BCUT2D eigenvalue weighted by Crippen LogP contribution is -2.46. The van der Waals surface area contributed by atoms with Crippen molar-refractivity contribution in [3.8, 4) is 0 Å². The Morgan fingerprint density at radius 1 is 1.50 bits per heavy atom. The highest BCUT2D eigenvalue weighted by molar-refractivity contribution is 4.98. The van der Waals surface area contributed by atoms with Crippen LogP contribution in [-0.4, -0.2) is 48.3 Å². The van der Waals surface area contributed by atoms with Crippen molar-refractivity contribution in [3.63, 3.8) is 0 Å². The van der Waals surface area contributed by atoms with Crippen molar-refractivity contribution in [2.45, 2.75) is 51.6 Å². The first-order chi connectivity index (χ1) is 7.56. The smallest absolute Gasteiger partial charge is 0.0613 e. The van der Waals surface area contributed by atoms with Gasteiger partial charge in [-0.05, 0) is 38.8 Å². The molecule has 0 spiro atoms. The van der Waals surface area contributed by atoms with E-state index >= 15 is 0 Å². The molecule has 0 radical (unpaired) electrons. The highest BCUT2D eigenvalue weighted by Crippen LogP contribution is 2.32. The summed E-state index contributed by atoms with van der Waals surface area (Å²) in [6.45, 7) is 9.34. The molecule has 0 aliphatic heterocycles. The first-order valence-electron chi connectivity index (χ1n) is 6.60. The predicted octanol–water partition coefficient (Wildman–Crippen LogP) is 1.47. The van der Waals surface area contributed by atoms with Crippen LogP contribution in [0.1, 0.15) is 40.0 Å². The number of aliphatic hydroxyl groups excluding tert-OH is 1. The summed E-state index contributed by atoms with van der Waals surface area (Å²) in [7, 11) is 1.97. The number of rotatable bonds is 6. The van der Waals surface area contributed by atoms with Crippen molar-refractivity contribution in [2.24, 2.45) is 5.92 Å². The van der Waals surface area contributed by atoms with Crippen LogP contribution >= 0.6 is 0 Å². The molecule has 16 heavy (non-hydrogen) atoms. The first-order valence-corrected chi connectivity index (χ1v) is 6.60. The zero-order valence-corrected chi connectivity index (χ0v) is 11.3. The van der Waals surface area contributed by atoms with Gasteiger partial charge in [-0.25, -0.2) is 0 Å². The molecule has 0 heterocycles. The Morgan fingerprint density at radius 3 is 2.56 bits per heavy atom. The summed E-state index contributed by atoms with van der Waals surface area (Å²) < 4.78 is 0. The van der Waals surface area contributed by atoms with E-state index in [1.165, 1.54) is 13.0 Å². The van der Waals surface area contributed by atoms with Crippen LogP contribution in [0.25, 0.3) is 0 Å². The summed E-state index contributed by atoms with van der Waals surface area (Å²) in [5, 5.41) is 12.8. The average molecular weight is 228 g/mol. The lowest BCUT2D eigenvalue weighted by atomic mass is 9.98. The van der Waals surface area contributed by atoms with Crippen molar-refractivity contribution in [1.82, 2.24) is 10.2 Å². The molecule has 0 aromatic carbocycles. The van der Waals surface area contributed by atoms with Crippen molar-refractivity contribution in [1.29, 1.82) is 0 Å². The maximum Gasteiger partial charge on any atom is 0.0613 e. The Morgan fingerprint density at radius 2 is 2.19 bits per heavy atom. The lowest BCUT2D eigenvalue weighted by Gasteiger charge is -2.32. The Bertz CT molecular complexity index is 202. The molecule has 0 aromatic heterocycles. The third-order valence-corrected chi connectivity index (χ3v) is 3.94. The van der Waals surface area contributed by atoms with Crippen LogP contribution in [0.5, 0.6) is 0 Å². The lowest BCUT2D eigenvalue weighted by molar-refractivity contribution is 0.144. The minimum atomic E-state index is -0.0188. The Labute approximate surface area is 100 Å². The highest BCUT2D eigenvalue weighted by Gasteiger charge is 2.39. The summed E-state index contributed by atoms with van der Waals surface area (Å²) in [5.74, 6) is 0.721. The Balaban J connectivity index is 2.55. The van der Waals surface area contributed by atoms with E-state index < -0.39 is 0 Å². The number of nitrogens with one attached hydrogen (secondary N) is 1. The van der Waals surface area contributed by atoms with Crippen LogP contribution in [0.3, 0.4) is 0 Å². The van der Waals surface area contributed by atoms with Crippen molar-refractivity contribution >= 4 is 0 Å². The minimum absolute atomic E-state index is 0.0188. The molecule has 3 nitrogen and oxygen atoms in total. The summed E-state index contributed by atoms with van der Waals surface area (Å²) in [6, 6.07) is 0.645. The van der Waals surface area contributed by atoms with Gasteiger partial charge in [0, 0.05) is 18.1 Å². The maximum absolute atomic E-state index is 9.49. The predicted molar refractivity (Wildman–Crippen MR) is 68.6 cm³/mol. The fourth-order valence-corrected chi connectivity index (χ4v) is 2.86. The number of aliphatic hydroxyl groups is 1. The van der Waals surface area contributed by atoms with Gasteiger partial charge in [-0.15, -0.1) is 0 Å². The minimum Gasteiger partial charge on any atom is -0.394 e. The molecule has 1 aliphatic rings. The molecule has 0 bridgehead atoms. The molecule has 1 saturated carbocycles. The first kappa shape index (κ1) is 13.9. The van der Waals surface area contributed by atoms with Gasteiger partial charge < -0.3 is 15.3 Å². The molecule has 1 rings (SSSR count). The molecule has 0 aromatic rings. The van der Waals surface area contributed by atoms with Gasteiger partial charge in [0.25, 0.3) is 0 Å². The van der Waals surface area contributed by atoms with Gasteiger partial charge in [-0.1, -0.05) is 20.8 Å². The van der Waals surface area contributed by atoms with Crippen molar-refractivity contribution in [2.75, 3.05) is 26.7 Å². The Kier molecular flexibility index (Phi) is 5.22. The quantitative estimate of drug-likeness (QED) is 0.722. The van der Waals surface area contributed by atoms with Crippen LogP contribution in [0.15, 0.2) is 0 Å². The van der Waals surface area contributed by atoms with E-state index in [1.807, 2.05) is 7.05 Å². The van der Waals surface area contributed by atoms with Gasteiger partial charge in [-0.2, -0.15) is 0 Å². The largest absolute Gasteiger partial charge is 0.394 e. The normalized spacial score (nSPS) is 30.6. The molecule has 1 fully saturated rings. The molecule has 2 atom stereocenters. The summed E-state index contributed by atoms with van der Waals surface area (Å²) >= 11 is 0. The number of hydrogen-bond donors (Lipinski definition) is 2. The van der Waals surface area contributed by atoms with E-state index in [-0.39, 0.29) is 12.1 Å². The second-order valence-electron chi connectivity index (χ2n) is 5.57. The fourth-order valence-electron chi connectivity index (χ4n) is 2.86. The molecule has 0 amide bonds. The van der Waals surface area contributed by atoms with Crippen molar-refractivity contribution < 1.29 is 5.11 Å². The van der Waals surface area contributed by atoms with Crippen LogP contribution in [-0.2, 0) is 0 Å². The average Bonchev–Trinajstić information content (AvgIpc) is 2.70. The van der Waals surface area contributed by atoms with E-state index in [1.54, 1.807) is 0 Å². The van der Waals surface area contributed by atoms with Crippen molar-refractivity contribution in [3.05, 3.63) is 0 Å². The summed E-state index contributed by atoms with van der Waals surface area (Å²) in [4.78, 5) is 2.57. The number of nitrogens with zero attached hydrogens (tertiary/aromatic N) is 1. The molecule has 2 N–H and O–H groups in total. The van der Waals surface area contributed by atoms with Gasteiger partial charge >= 0.3 is 0 Å². The molecule has 3 heteroatoms. The molecular weight excluding hydrogens is 200 g/mol. The highest BCUT2D eigenvalue weighted by atomic mass is 16.3. The maximum atomic E-state index is 9.49. The topological polar surface area (TPSA) is 35.5 Å². The van der Waals surface area contributed by atoms with Crippen LogP contribution in [0.4, 0.5) is 0 Å². The van der Waals surface area contributed by atoms with E-state index in [0.717, 1.165) is 25.3 Å². The SMILES string of the molecule is CCN(CC(C)C)C1CCC(CO)(NC)C1. The van der Waals surface area contributed by atoms with E-state index in [4.69, 9.17) is 0 Å². The third-order valence-electron chi connectivity index (χ3n) is 3.94. The van der Waals surface area contributed by atoms with Gasteiger partial charge in [0.15, 0.2) is 0 Å². The Hall–Kier alpha value is -0.120. The molecule has 96 valence electrons. The van der Waals surface area contributed by atoms with Crippen LogP contribution in [0.2, 0.25) is 0 Å². The summed E-state index contributed by atoms with van der Waals surface area (Å²) in [5.41, 5.74) is -0.0188. The fraction of sp³-hybridized carbons (Fsp3) is 1.00. The van der Waals surface area contributed by atoms with E-state index in [0.29, 0.717) is 6.04 Å². The zero-order valence-electron chi connectivity index (χ0n) is 11.3. The second kappa shape index (κ2) is 5.99. The molecule has 0 saturated heterocycles. The van der Waals surface area contributed by atoms with E-state index in [9.17, 15) is 5.11 Å². The molecule has 2 unspecified atom stereocenters. The van der Waals surface area contributed by atoms with E-state index in [2.05, 4.69) is 31.0 Å². The molecular formula is C13H28N2O. The van der Waals surface area contributed by atoms with Gasteiger partial charge in [-0.3, -0.25) is 0 Å². The third kappa shape index (κ3) is 3.19.